The van der Waals surface area contributed by atoms with E-state index in [1.165, 1.54) is 15.9 Å². The van der Waals surface area contributed by atoms with Crippen molar-refractivity contribution in [3.63, 3.8) is 0 Å². The summed E-state index contributed by atoms with van der Waals surface area (Å²) in [6, 6.07) is 14.8. The van der Waals surface area contributed by atoms with Crippen LogP contribution in [-0.2, 0) is 0 Å². The molecule has 26 heavy (non-hydrogen) atoms. The number of nitrogens with zero attached hydrogens (tertiary/aromatic N) is 3. The van der Waals surface area contributed by atoms with Gasteiger partial charge in [-0.3, -0.25) is 4.79 Å². The lowest BCUT2D eigenvalue weighted by molar-refractivity contribution is 0.925. The van der Waals surface area contributed by atoms with Gasteiger partial charge in [0, 0.05) is 10.0 Å². The summed E-state index contributed by atoms with van der Waals surface area (Å²) in [4.78, 5) is 17.5. The SMILES string of the molecule is O=c1/c(=C\c2ccccc2Cl)sc2nc(/C=C/c3ccc(Cl)cc3)nn12. The van der Waals surface area contributed by atoms with E-state index < -0.39 is 0 Å². The fraction of sp³-hybridized carbons (Fsp3) is 0. The molecule has 2 aromatic heterocycles. The Morgan fingerprint density at radius 3 is 2.50 bits per heavy atom. The lowest BCUT2D eigenvalue weighted by Gasteiger charge is -1.94. The summed E-state index contributed by atoms with van der Waals surface area (Å²) in [5.41, 5.74) is 1.56. The number of halogens is 2. The molecule has 4 rings (SSSR count). The molecule has 0 atom stereocenters. The van der Waals surface area contributed by atoms with Gasteiger partial charge in [-0.25, -0.2) is 0 Å². The highest BCUT2D eigenvalue weighted by Gasteiger charge is 2.09. The van der Waals surface area contributed by atoms with Crippen LogP contribution in [0.5, 0.6) is 0 Å². The molecular formula is C19H11Cl2N3OS. The molecule has 2 heterocycles. The number of thiazole rings is 1. The zero-order chi connectivity index (χ0) is 18.1. The Balaban J connectivity index is 1.69. The van der Waals surface area contributed by atoms with Crippen LogP contribution in [0.2, 0.25) is 10.0 Å². The molecule has 0 fully saturated rings. The maximum atomic E-state index is 12.5. The smallest absolute Gasteiger partial charge is 0.266 e. The maximum Gasteiger partial charge on any atom is 0.291 e. The highest BCUT2D eigenvalue weighted by molar-refractivity contribution is 7.15. The number of benzene rings is 2. The summed E-state index contributed by atoms with van der Waals surface area (Å²) in [5, 5.41) is 5.54. The topological polar surface area (TPSA) is 47.3 Å². The molecule has 0 N–H and O–H groups in total. The lowest BCUT2D eigenvalue weighted by Crippen LogP contribution is -2.23. The minimum Gasteiger partial charge on any atom is -0.266 e. The Kier molecular flexibility index (Phi) is 4.59. The van der Waals surface area contributed by atoms with E-state index in [-0.39, 0.29) is 5.56 Å². The van der Waals surface area contributed by atoms with E-state index in [9.17, 15) is 4.79 Å². The third-order valence-electron chi connectivity index (χ3n) is 3.68. The molecule has 7 heteroatoms. The van der Waals surface area contributed by atoms with Crippen LogP contribution < -0.4 is 10.1 Å². The zero-order valence-corrected chi connectivity index (χ0v) is 15.6. The summed E-state index contributed by atoms with van der Waals surface area (Å²) >= 11 is 13.3. The number of rotatable bonds is 3. The number of hydrogen-bond acceptors (Lipinski definition) is 4. The van der Waals surface area contributed by atoms with Crippen LogP contribution in [0, 0.1) is 0 Å². The first kappa shape index (κ1) is 17.0. The first-order valence-corrected chi connectivity index (χ1v) is 9.27. The van der Waals surface area contributed by atoms with Crippen molar-refractivity contribution in [3.05, 3.63) is 90.4 Å². The quantitative estimate of drug-likeness (QED) is 0.519. The van der Waals surface area contributed by atoms with E-state index in [1.807, 2.05) is 48.5 Å². The zero-order valence-electron chi connectivity index (χ0n) is 13.3. The predicted octanol–water partition coefficient (Wildman–Crippen LogP) is 4.18. The highest BCUT2D eigenvalue weighted by Crippen LogP contribution is 2.16. The normalized spacial score (nSPS) is 12.5. The van der Waals surface area contributed by atoms with Crippen molar-refractivity contribution in [2.75, 3.05) is 0 Å². The average Bonchev–Trinajstić information content (AvgIpc) is 3.16. The molecule has 4 nitrogen and oxygen atoms in total. The Labute approximate surface area is 162 Å². The molecule has 0 aliphatic rings. The fourth-order valence-electron chi connectivity index (χ4n) is 2.40. The third kappa shape index (κ3) is 3.42. The van der Waals surface area contributed by atoms with Crippen molar-refractivity contribution in [3.8, 4) is 0 Å². The molecule has 128 valence electrons. The second kappa shape index (κ2) is 7.03. The van der Waals surface area contributed by atoms with Gasteiger partial charge in [0.2, 0.25) is 4.96 Å². The van der Waals surface area contributed by atoms with Crippen molar-refractivity contribution in [2.45, 2.75) is 0 Å². The predicted molar refractivity (Wildman–Crippen MR) is 108 cm³/mol. The van der Waals surface area contributed by atoms with E-state index in [4.69, 9.17) is 23.2 Å². The molecule has 0 spiro atoms. The van der Waals surface area contributed by atoms with Crippen molar-refractivity contribution in [1.29, 1.82) is 0 Å². The summed E-state index contributed by atoms with van der Waals surface area (Å²) in [6.45, 7) is 0. The minimum absolute atomic E-state index is 0.205. The van der Waals surface area contributed by atoms with E-state index in [2.05, 4.69) is 10.1 Å². The van der Waals surface area contributed by atoms with Crippen LogP contribution in [-0.4, -0.2) is 14.6 Å². The second-order valence-corrected chi connectivity index (χ2v) is 7.34. The molecule has 0 saturated carbocycles. The Morgan fingerprint density at radius 1 is 1.00 bits per heavy atom. The van der Waals surface area contributed by atoms with Crippen LogP contribution in [0.25, 0.3) is 23.2 Å². The van der Waals surface area contributed by atoms with Gasteiger partial charge in [-0.2, -0.15) is 9.50 Å². The van der Waals surface area contributed by atoms with Gasteiger partial charge in [0.15, 0.2) is 5.82 Å². The maximum absolute atomic E-state index is 12.5. The van der Waals surface area contributed by atoms with Crippen LogP contribution >= 0.6 is 34.5 Å². The van der Waals surface area contributed by atoms with Crippen molar-refractivity contribution in [2.24, 2.45) is 0 Å². The molecule has 4 aromatic rings. The van der Waals surface area contributed by atoms with Crippen LogP contribution in [0.15, 0.2) is 53.3 Å². The van der Waals surface area contributed by atoms with E-state index >= 15 is 0 Å². The van der Waals surface area contributed by atoms with E-state index in [1.54, 1.807) is 18.2 Å². The van der Waals surface area contributed by atoms with Gasteiger partial charge >= 0.3 is 0 Å². The number of hydrogen-bond donors (Lipinski definition) is 0. The average molecular weight is 400 g/mol. The van der Waals surface area contributed by atoms with Crippen LogP contribution in [0.1, 0.15) is 17.0 Å². The largest absolute Gasteiger partial charge is 0.291 e. The standard InChI is InChI=1S/C19H11Cl2N3OS/c20-14-8-5-12(6-9-14)7-10-17-22-19-24(23-17)18(25)16(26-19)11-13-3-1-2-4-15(13)21/h1-11H/b10-7+,16-11+. The Morgan fingerprint density at radius 2 is 1.77 bits per heavy atom. The summed E-state index contributed by atoms with van der Waals surface area (Å²) in [5.74, 6) is 0.479. The number of fused-ring (bicyclic) bond motifs is 1. The van der Waals surface area contributed by atoms with Gasteiger partial charge in [0.1, 0.15) is 0 Å². The molecule has 0 saturated heterocycles. The molecule has 2 aromatic carbocycles. The van der Waals surface area contributed by atoms with Gasteiger partial charge in [-0.1, -0.05) is 70.9 Å². The summed E-state index contributed by atoms with van der Waals surface area (Å²) in [6.07, 6.45) is 5.39. The van der Waals surface area contributed by atoms with Gasteiger partial charge in [-0.15, -0.1) is 5.10 Å². The molecule has 0 amide bonds. The van der Waals surface area contributed by atoms with Crippen molar-refractivity contribution >= 4 is 57.7 Å². The Hall–Kier alpha value is -2.47. The van der Waals surface area contributed by atoms with E-state index in [0.717, 1.165) is 11.1 Å². The van der Waals surface area contributed by atoms with Crippen molar-refractivity contribution < 1.29 is 0 Å². The molecule has 0 bridgehead atoms. The molecular weight excluding hydrogens is 389 g/mol. The van der Waals surface area contributed by atoms with Gasteiger partial charge in [0.05, 0.1) is 4.53 Å². The van der Waals surface area contributed by atoms with Gasteiger partial charge in [-0.05, 0) is 41.5 Å². The van der Waals surface area contributed by atoms with Gasteiger partial charge < -0.3 is 0 Å². The van der Waals surface area contributed by atoms with Crippen LogP contribution in [0.4, 0.5) is 0 Å². The Bertz CT molecular complexity index is 1230. The lowest BCUT2D eigenvalue weighted by atomic mass is 10.2. The summed E-state index contributed by atoms with van der Waals surface area (Å²) in [7, 11) is 0. The molecule has 0 aliphatic heterocycles. The van der Waals surface area contributed by atoms with Crippen molar-refractivity contribution in [1.82, 2.24) is 14.6 Å². The third-order valence-corrected chi connectivity index (χ3v) is 5.24. The van der Waals surface area contributed by atoms with Gasteiger partial charge in [0.25, 0.3) is 5.56 Å². The first-order valence-electron chi connectivity index (χ1n) is 7.70. The summed E-state index contributed by atoms with van der Waals surface area (Å²) < 4.78 is 1.86. The molecule has 0 aliphatic carbocycles. The molecule has 0 radical (unpaired) electrons. The van der Waals surface area contributed by atoms with Crippen LogP contribution in [0.3, 0.4) is 0 Å². The highest BCUT2D eigenvalue weighted by atomic mass is 35.5. The number of aromatic nitrogens is 3. The second-order valence-electron chi connectivity index (χ2n) is 5.49. The van der Waals surface area contributed by atoms with E-state index in [0.29, 0.717) is 25.4 Å². The fourth-order valence-corrected chi connectivity index (χ4v) is 3.62. The minimum atomic E-state index is -0.205. The molecule has 0 unspecified atom stereocenters. The first-order chi connectivity index (χ1) is 12.6. The monoisotopic (exact) mass is 399 g/mol.